The highest BCUT2D eigenvalue weighted by Gasteiger charge is 2.01. The van der Waals surface area contributed by atoms with E-state index in [2.05, 4.69) is 57.9 Å². The predicted octanol–water partition coefficient (Wildman–Crippen LogP) is 4.21. The van der Waals surface area contributed by atoms with Gasteiger partial charge < -0.3 is 10.3 Å². The molecule has 0 spiro atoms. The Morgan fingerprint density at radius 2 is 1.95 bits per heavy atom. The maximum Gasteiger partial charge on any atom is 0.104 e. The molecule has 1 aromatic heterocycles. The monoisotopic (exact) mass is 283 g/mol. The standard InChI is InChI=1S/C16H17N3S/c1-11-18-15-8-5-13(9-16(15)19-11)17-10-12-3-6-14(20-2)7-4-12/h3-9,17H,10H2,1-2H3,(H,18,19). The van der Waals surface area contributed by atoms with Crippen LogP contribution in [0.3, 0.4) is 0 Å². The molecule has 2 aromatic carbocycles. The van der Waals surface area contributed by atoms with Crippen molar-refractivity contribution in [2.24, 2.45) is 0 Å². The molecule has 3 aromatic rings. The van der Waals surface area contributed by atoms with E-state index < -0.39 is 0 Å². The molecule has 3 rings (SSSR count). The minimum absolute atomic E-state index is 0.827. The second kappa shape index (κ2) is 5.59. The lowest BCUT2D eigenvalue weighted by Gasteiger charge is -2.07. The molecule has 0 amide bonds. The van der Waals surface area contributed by atoms with E-state index >= 15 is 0 Å². The van der Waals surface area contributed by atoms with Gasteiger partial charge in [-0.25, -0.2) is 4.98 Å². The molecular weight excluding hydrogens is 266 g/mol. The third-order valence-corrected chi connectivity index (χ3v) is 4.00. The summed E-state index contributed by atoms with van der Waals surface area (Å²) < 4.78 is 0. The van der Waals surface area contributed by atoms with Crippen LogP contribution >= 0.6 is 11.8 Å². The molecule has 0 unspecified atom stereocenters. The highest BCUT2D eigenvalue weighted by molar-refractivity contribution is 7.98. The van der Waals surface area contributed by atoms with Crippen molar-refractivity contribution in [3.63, 3.8) is 0 Å². The molecule has 0 saturated carbocycles. The fourth-order valence-corrected chi connectivity index (χ4v) is 2.60. The molecule has 0 radical (unpaired) electrons. The smallest absolute Gasteiger partial charge is 0.104 e. The molecule has 0 aliphatic rings. The van der Waals surface area contributed by atoms with Gasteiger partial charge in [0.05, 0.1) is 11.0 Å². The number of fused-ring (bicyclic) bond motifs is 1. The fourth-order valence-electron chi connectivity index (χ4n) is 2.19. The van der Waals surface area contributed by atoms with Crippen molar-refractivity contribution < 1.29 is 0 Å². The number of benzene rings is 2. The van der Waals surface area contributed by atoms with Crippen LogP contribution in [0.2, 0.25) is 0 Å². The zero-order valence-corrected chi connectivity index (χ0v) is 12.4. The van der Waals surface area contributed by atoms with E-state index in [-0.39, 0.29) is 0 Å². The van der Waals surface area contributed by atoms with Crippen molar-refractivity contribution in [3.8, 4) is 0 Å². The molecule has 3 nitrogen and oxygen atoms in total. The largest absolute Gasteiger partial charge is 0.381 e. The van der Waals surface area contributed by atoms with Gasteiger partial charge >= 0.3 is 0 Å². The number of aromatic nitrogens is 2. The van der Waals surface area contributed by atoms with Gasteiger partial charge in [-0.3, -0.25) is 0 Å². The lowest BCUT2D eigenvalue weighted by atomic mass is 10.2. The third-order valence-electron chi connectivity index (χ3n) is 3.26. The van der Waals surface area contributed by atoms with E-state index in [4.69, 9.17) is 0 Å². The molecule has 0 aliphatic carbocycles. The zero-order chi connectivity index (χ0) is 13.9. The lowest BCUT2D eigenvalue weighted by molar-refractivity contribution is 1.14. The van der Waals surface area contributed by atoms with Crippen molar-refractivity contribution in [1.29, 1.82) is 0 Å². The average molecular weight is 283 g/mol. The van der Waals surface area contributed by atoms with Crippen molar-refractivity contribution in [2.75, 3.05) is 11.6 Å². The van der Waals surface area contributed by atoms with Gasteiger partial charge in [0.1, 0.15) is 5.82 Å². The summed E-state index contributed by atoms with van der Waals surface area (Å²) in [6.07, 6.45) is 2.09. The van der Waals surface area contributed by atoms with Gasteiger partial charge in [-0.2, -0.15) is 0 Å². The van der Waals surface area contributed by atoms with Crippen LogP contribution < -0.4 is 5.32 Å². The number of imidazole rings is 1. The van der Waals surface area contributed by atoms with Gasteiger partial charge in [0.15, 0.2) is 0 Å². The topological polar surface area (TPSA) is 40.7 Å². The molecule has 4 heteroatoms. The van der Waals surface area contributed by atoms with Gasteiger partial charge in [0.2, 0.25) is 0 Å². The van der Waals surface area contributed by atoms with E-state index in [0.29, 0.717) is 0 Å². The Hall–Kier alpha value is -1.94. The molecule has 0 saturated heterocycles. The number of hydrogen-bond acceptors (Lipinski definition) is 3. The summed E-state index contributed by atoms with van der Waals surface area (Å²) >= 11 is 1.76. The second-order valence-corrected chi connectivity index (χ2v) is 5.64. The van der Waals surface area contributed by atoms with Crippen LogP contribution in [0, 0.1) is 6.92 Å². The second-order valence-electron chi connectivity index (χ2n) is 4.76. The number of rotatable bonds is 4. The number of nitrogens with one attached hydrogen (secondary N) is 2. The van der Waals surface area contributed by atoms with Crippen LogP contribution in [0.25, 0.3) is 11.0 Å². The molecular formula is C16H17N3S. The zero-order valence-electron chi connectivity index (χ0n) is 11.6. The first-order chi connectivity index (χ1) is 9.74. The van der Waals surface area contributed by atoms with Gasteiger partial charge in [-0.1, -0.05) is 12.1 Å². The maximum atomic E-state index is 4.41. The molecule has 0 fully saturated rings. The SMILES string of the molecule is CSc1ccc(CNc2ccc3nc(C)[nH]c3c2)cc1. The quantitative estimate of drug-likeness (QED) is 0.705. The summed E-state index contributed by atoms with van der Waals surface area (Å²) in [6.45, 7) is 2.80. The molecule has 2 N–H and O–H groups in total. The van der Waals surface area contributed by atoms with Crippen LogP contribution in [0.4, 0.5) is 5.69 Å². The fraction of sp³-hybridized carbons (Fsp3) is 0.188. The molecule has 20 heavy (non-hydrogen) atoms. The Kier molecular flexibility index (Phi) is 3.65. The Bertz CT molecular complexity index is 716. The number of hydrogen-bond donors (Lipinski definition) is 2. The van der Waals surface area contributed by atoms with Crippen molar-refractivity contribution in [1.82, 2.24) is 9.97 Å². The first-order valence-corrected chi connectivity index (χ1v) is 7.80. The minimum atomic E-state index is 0.827. The highest BCUT2D eigenvalue weighted by atomic mass is 32.2. The summed E-state index contributed by atoms with van der Waals surface area (Å²) in [5, 5.41) is 3.45. The maximum absolute atomic E-state index is 4.41. The van der Waals surface area contributed by atoms with E-state index in [9.17, 15) is 0 Å². The Labute approximate surface area is 122 Å². The predicted molar refractivity (Wildman–Crippen MR) is 86.4 cm³/mol. The highest BCUT2D eigenvalue weighted by Crippen LogP contribution is 2.19. The third kappa shape index (κ3) is 2.80. The molecule has 1 heterocycles. The number of aromatic amines is 1. The van der Waals surface area contributed by atoms with Crippen LogP contribution in [0.5, 0.6) is 0 Å². The van der Waals surface area contributed by atoms with E-state index in [0.717, 1.165) is 29.1 Å². The Morgan fingerprint density at radius 1 is 1.15 bits per heavy atom. The summed E-state index contributed by atoms with van der Waals surface area (Å²) in [7, 11) is 0. The summed E-state index contributed by atoms with van der Waals surface area (Å²) in [6, 6.07) is 14.9. The molecule has 0 aliphatic heterocycles. The number of H-pyrrole nitrogens is 1. The van der Waals surface area contributed by atoms with Crippen LogP contribution in [-0.2, 0) is 6.54 Å². The van der Waals surface area contributed by atoms with Crippen LogP contribution in [0.15, 0.2) is 47.4 Å². The van der Waals surface area contributed by atoms with Gasteiger partial charge in [-0.05, 0) is 49.1 Å². The van der Waals surface area contributed by atoms with E-state index in [1.54, 1.807) is 11.8 Å². The molecule has 0 atom stereocenters. The summed E-state index contributed by atoms with van der Waals surface area (Å²) in [5.74, 6) is 0.949. The Balaban J connectivity index is 1.72. The lowest BCUT2D eigenvalue weighted by Crippen LogP contribution is -1.98. The van der Waals surface area contributed by atoms with E-state index in [1.807, 2.05) is 13.0 Å². The minimum Gasteiger partial charge on any atom is -0.381 e. The van der Waals surface area contributed by atoms with Gasteiger partial charge in [0.25, 0.3) is 0 Å². The van der Waals surface area contributed by atoms with E-state index in [1.165, 1.54) is 10.5 Å². The first-order valence-electron chi connectivity index (χ1n) is 6.58. The van der Waals surface area contributed by atoms with Crippen molar-refractivity contribution in [2.45, 2.75) is 18.4 Å². The number of aryl methyl sites for hydroxylation is 1. The molecule has 102 valence electrons. The first kappa shape index (κ1) is 13.1. The van der Waals surface area contributed by atoms with Gasteiger partial charge in [-0.15, -0.1) is 11.8 Å². The summed E-state index contributed by atoms with van der Waals surface area (Å²) in [5.41, 5.74) is 4.47. The van der Waals surface area contributed by atoms with Crippen molar-refractivity contribution >= 4 is 28.5 Å². The Morgan fingerprint density at radius 3 is 2.70 bits per heavy atom. The van der Waals surface area contributed by atoms with Crippen molar-refractivity contribution in [3.05, 3.63) is 53.9 Å². The van der Waals surface area contributed by atoms with Crippen LogP contribution in [0.1, 0.15) is 11.4 Å². The number of anilines is 1. The van der Waals surface area contributed by atoms with Gasteiger partial charge in [0, 0.05) is 17.1 Å². The van der Waals surface area contributed by atoms with Crippen LogP contribution in [-0.4, -0.2) is 16.2 Å². The normalized spacial score (nSPS) is 10.9. The number of nitrogens with zero attached hydrogens (tertiary/aromatic N) is 1. The average Bonchev–Trinajstić information content (AvgIpc) is 2.85. The summed E-state index contributed by atoms with van der Waals surface area (Å²) in [4.78, 5) is 8.96. The molecule has 0 bridgehead atoms. The number of thioether (sulfide) groups is 1.